The van der Waals surface area contributed by atoms with Gasteiger partial charge in [-0.1, -0.05) is 72.8 Å². The first kappa shape index (κ1) is 26.6. The van der Waals surface area contributed by atoms with Crippen LogP contribution in [-0.2, 0) is 0 Å². The van der Waals surface area contributed by atoms with Crippen LogP contribution in [0.1, 0.15) is 31.8 Å². The molecule has 6 aromatic carbocycles. The van der Waals surface area contributed by atoms with Crippen LogP contribution >= 0.6 is 0 Å². The van der Waals surface area contributed by atoms with Gasteiger partial charge in [0, 0.05) is 33.0 Å². The molecule has 0 N–H and O–H groups in total. The molecule has 0 bridgehead atoms. The zero-order chi connectivity index (χ0) is 30.2. The van der Waals surface area contributed by atoms with Gasteiger partial charge in [-0.3, -0.25) is 9.59 Å². The summed E-state index contributed by atoms with van der Waals surface area (Å²) in [5.41, 5.74) is 0.379. The average Bonchev–Trinajstić information content (AvgIpc) is 3.04. The topological polar surface area (TPSA) is 105 Å². The largest absolute Gasteiger partial charge is 0.519 e. The molecule has 0 heterocycles. The summed E-state index contributed by atoms with van der Waals surface area (Å²) in [7, 11) is 0. The van der Waals surface area contributed by atoms with Crippen molar-refractivity contribution >= 4 is 45.4 Å². The quantitative estimate of drug-likeness (QED) is 0.153. The molecule has 0 saturated carbocycles. The maximum Gasteiger partial charge on any atom is 0.519 e. The van der Waals surface area contributed by atoms with Gasteiger partial charge >= 0.3 is 12.3 Å². The Morgan fingerprint density at radius 1 is 0.409 bits per heavy atom. The Kier molecular flexibility index (Phi) is 6.56. The lowest BCUT2D eigenvalue weighted by atomic mass is 9.84. The fourth-order valence-electron chi connectivity index (χ4n) is 5.22. The third-order valence-corrected chi connectivity index (χ3v) is 7.25. The van der Waals surface area contributed by atoms with Gasteiger partial charge in [0.25, 0.3) is 0 Å². The van der Waals surface area contributed by atoms with Crippen molar-refractivity contribution in [2.75, 3.05) is 0 Å². The SMILES string of the molecule is O=C(Oc1ccc2c(c1)C(=O)c1ccc(OC(=O)Oc3cccc4ccccc34)cc1C2=O)Oc1cccc2ccccc12. The number of carbonyl (C=O) groups excluding carboxylic acids is 4. The number of carbonyl (C=O) groups is 4. The van der Waals surface area contributed by atoms with Crippen LogP contribution in [0.15, 0.2) is 121 Å². The lowest BCUT2D eigenvalue weighted by Crippen LogP contribution is -2.22. The van der Waals surface area contributed by atoms with Crippen LogP contribution in [0.5, 0.6) is 23.0 Å². The van der Waals surface area contributed by atoms with E-state index in [4.69, 9.17) is 18.9 Å². The first-order chi connectivity index (χ1) is 21.4. The van der Waals surface area contributed by atoms with Crippen molar-refractivity contribution in [2.45, 2.75) is 0 Å². The Balaban J connectivity index is 1.07. The average molecular weight is 581 g/mol. The van der Waals surface area contributed by atoms with Crippen LogP contribution in [0.2, 0.25) is 0 Å². The standard InChI is InChI=1S/C36H20O8/c37-33-28-18-16-24(42-36(40)44-32-14-6-10-22-8-2-4-12-26(22)32)20-30(28)34(38)27-17-15-23(19-29(27)33)41-35(39)43-31-13-5-9-21-7-1-3-11-25(21)31/h1-20H. The van der Waals surface area contributed by atoms with Crippen molar-refractivity contribution in [3.8, 4) is 23.0 Å². The molecule has 1 aliphatic carbocycles. The van der Waals surface area contributed by atoms with E-state index in [-0.39, 0.29) is 33.8 Å². The van der Waals surface area contributed by atoms with Crippen molar-refractivity contribution in [1.82, 2.24) is 0 Å². The Hall–Kier alpha value is -6.28. The molecule has 44 heavy (non-hydrogen) atoms. The van der Waals surface area contributed by atoms with Crippen molar-refractivity contribution in [1.29, 1.82) is 0 Å². The van der Waals surface area contributed by atoms with E-state index in [1.165, 1.54) is 36.4 Å². The normalized spacial score (nSPS) is 11.9. The monoisotopic (exact) mass is 580 g/mol. The van der Waals surface area contributed by atoms with Crippen LogP contribution in [0, 0.1) is 0 Å². The summed E-state index contributed by atoms with van der Waals surface area (Å²) in [4.78, 5) is 51.9. The van der Waals surface area contributed by atoms with Gasteiger partial charge < -0.3 is 18.9 Å². The van der Waals surface area contributed by atoms with Gasteiger partial charge in [0.1, 0.15) is 23.0 Å². The highest BCUT2D eigenvalue weighted by atomic mass is 16.7. The molecule has 212 valence electrons. The number of fused-ring (bicyclic) bond motifs is 4. The third-order valence-electron chi connectivity index (χ3n) is 7.25. The maximum atomic E-state index is 13.4. The van der Waals surface area contributed by atoms with Gasteiger partial charge in [-0.2, -0.15) is 0 Å². The molecular weight excluding hydrogens is 560 g/mol. The summed E-state index contributed by atoms with van der Waals surface area (Å²) >= 11 is 0. The van der Waals surface area contributed by atoms with Gasteiger partial charge in [-0.05, 0) is 59.3 Å². The zero-order valence-electron chi connectivity index (χ0n) is 22.8. The number of hydrogen-bond acceptors (Lipinski definition) is 8. The van der Waals surface area contributed by atoms with E-state index in [1.54, 1.807) is 24.3 Å². The maximum absolute atomic E-state index is 13.4. The first-order valence-corrected chi connectivity index (χ1v) is 13.6. The minimum absolute atomic E-state index is 0.0368. The Bertz CT molecular complexity index is 2000. The highest BCUT2D eigenvalue weighted by Crippen LogP contribution is 2.33. The molecule has 8 heteroatoms. The number of rotatable bonds is 4. The van der Waals surface area contributed by atoms with Gasteiger partial charge in [-0.25, -0.2) is 9.59 Å². The molecule has 0 amide bonds. The molecule has 7 rings (SSSR count). The van der Waals surface area contributed by atoms with E-state index in [9.17, 15) is 19.2 Å². The van der Waals surface area contributed by atoms with Crippen LogP contribution in [-0.4, -0.2) is 23.9 Å². The van der Waals surface area contributed by atoms with Crippen molar-refractivity contribution in [3.05, 3.63) is 144 Å². The zero-order valence-corrected chi connectivity index (χ0v) is 22.8. The van der Waals surface area contributed by atoms with Crippen molar-refractivity contribution in [3.63, 3.8) is 0 Å². The number of ketones is 2. The molecule has 0 spiro atoms. The van der Waals surface area contributed by atoms with E-state index in [1.807, 2.05) is 60.7 Å². The molecule has 0 aliphatic heterocycles. The number of hydrogen-bond donors (Lipinski definition) is 0. The highest BCUT2D eigenvalue weighted by Gasteiger charge is 2.31. The van der Waals surface area contributed by atoms with E-state index >= 15 is 0 Å². The Labute approximate surface area is 250 Å². The van der Waals surface area contributed by atoms with Crippen molar-refractivity contribution in [2.24, 2.45) is 0 Å². The molecule has 0 unspecified atom stereocenters. The summed E-state index contributed by atoms with van der Waals surface area (Å²) in [5.74, 6) is -0.181. The fraction of sp³-hybridized carbons (Fsp3) is 0. The lowest BCUT2D eigenvalue weighted by molar-refractivity contribution is 0.0978. The second-order valence-corrected chi connectivity index (χ2v) is 9.94. The van der Waals surface area contributed by atoms with Gasteiger partial charge in [0.15, 0.2) is 11.6 Å². The summed E-state index contributed by atoms with van der Waals surface area (Å²) < 4.78 is 21.5. The van der Waals surface area contributed by atoms with E-state index < -0.39 is 23.9 Å². The summed E-state index contributed by atoms with van der Waals surface area (Å²) in [6.07, 6.45) is -1.98. The molecule has 0 radical (unpaired) electrons. The second kappa shape index (κ2) is 10.8. The molecule has 0 fully saturated rings. The summed E-state index contributed by atoms with van der Waals surface area (Å²) in [6, 6.07) is 33.7. The van der Waals surface area contributed by atoms with Gasteiger partial charge in [-0.15, -0.1) is 0 Å². The predicted octanol–water partition coefficient (Wildman–Crippen LogP) is 7.92. The molecule has 8 nitrogen and oxygen atoms in total. The fourth-order valence-corrected chi connectivity index (χ4v) is 5.22. The van der Waals surface area contributed by atoms with Crippen LogP contribution in [0.25, 0.3) is 21.5 Å². The van der Waals surface area contributed by atoms with Crippen LogP contribution in [0.4, 0.5) is 9.59 Å². The summed E-state index contributed by atoms with van der Waals surface area (Å²) in [5, 5.41) is 3.26. The van der Waals surface area contributed by atoms with Crippen molar-refractivity contribution < 1.29 is 38.1 Å². The minimum Gasteiger partial charge on any atom is -0.395 e. The van der Waals surface area contributed by atoms with Gasteiger partial charge in [0.05, 0.1) is 0 Å². The predicted molar refractivity (Wildman–Crippen MR) is 161 cm³/mol. The van der Waals surface area contributed by atoms with Gasteiger partial charge in [0.2, 0.25) is 0 Å². The number of benzene rings is 6. The number of ether oxygens (including phenoxy) is 4. The van der Waals surface area contributed by atoms with E-state index in [0.717, 1.165) is 21.5 Å². The third kappa shape index (κ3) is 4.90. The first-order valence-electron chi connectivity index (χ1n) is 13.6. The second-order valence-electron chi connectivity index (χ2n) is 9.94. The molecular formula is C36H20O8. The lowest BCUT2D eigenvalue weighted by Gasteiger charge is -2.19. The molecule has 0 aromatic heterocycles. The Morgan fingerprint density at radius 3 is 1.27 bits per heavy atom. The molecule has 0 atom stereocenters. The Morgan fingerprint density at radius 2 is 0.818 bits per heavy atom. The summed E-state index contributed by atoms with van der Waals surface area (Å²) in [6.45, 7) is 0. The van der Waals surface area contributed by atoms with E-state index in [0.29, 0.717) is 11.5 Å². The smallest absolute Gasteiger partial charge is 0.395 e. The molecule has 6 aromatic rings. The van der Waals surface area contributed by atoms with Crippen LogP contribution in [0.3, 0.4) is 0 Å². The minimum atomic E-state index is -0.992. The van der Waals surface area contributed by atoms with E-state index in [2.05, 4.69) is 0 Å². The molecule has 1 aliphatic rings. The van der Waals surface area contributed by atoms with Crippen LogP contribution < -0.4 is 18.9 Å². The highest BCUT2D eigenvalue weighted by molar-refractivity contribution is 6.28. The molecule has 0 saturated heterocycles.